The molecule has 0 bridgehead atoms. The molecule has 4 aromatic heterocycles. The van der Waals surface area contributed by atoms with Gasteiger partial charge < -0.3 is 0 Å². The largest absolute Gasteiger partial charge is 0.190 e. The lowest BCUT2D eigenvalue weighted by Gasteiger charge is -2.29. The van der Waals surface area contributed by atoms with Crippen LogP contribution in [0.2, 0.25) is 0 Å². The highest BCUT2D eigenvalue weighted by molar-refractivity contribution is 9.11. The van der Waals surface area contributed by atoms with Crippen LogP contribution in [-0.2, 0) is 0 Å². The number of hydrogen-bond donors (Lipinski definition) is 0. The van der Waals surface area contributed by atoms with E-state index in [0.717, 1.165) is 0 Å². The predicted molar refractivity (Wildman–Crippen MR) is 135 cm³/mol. The molecule has 0 atom stereocenters. The molecule has 4 aromatic rings. The second-order valence-corrected chi connectivity index (χ2v) is 17.4. The molecule has 0 spiro atoms. The topological polar surface area (TPSA) is 0 Å². The van der Waals surface area contributed by atoms with E-state index in [0.29, 0.717) is 0 Å². The van der Waals surface area contributed by atoms with Crippen molar-refractivity contribution in [1.82, 2.24) is 0 Å². The molecular weight excluding hydrogens is 560 g/mol. The zero-order chi connectivity index (χ0) is 19.1. The fourth-order valence-corrected chi connectivity index (χ4v) is 14.5. The first-order chi connectivity index (χ1) is 12.8. The zero-order valence-electron chi connectivity index (χ0n) is 15.1. The minimum absolute atomic E-state index is 0.980. The Bertz CT molecular complexity index is 1110. The van der Waals surface area contributed by atoms with Gasteiger partial charge in [0.25, 0.3) is 0 Å². The quantitative estimate of drug-likeness (QED) is 0.223. The van der Waals surface area contributed by atoms with E-state index in [1.165, 1.54) is 48.0 Å². The van der Waals surface area contributed by atoms with Crippen LogP contribution in [0, 0.1) is 13.8 Å². The van der Waals surface area contributed by atoms with Gasteiger partial charge in [-0.25, -0.2) is 0 Å². The van der Waals surface area contributed by atoms with Gasteiger partial charge in [0.15, 0.2) is 0 Å². The molecule has 7 heteroatoms. The predicted octanol–water partition coefficient (Wildman–Crippen LogP) is 9.87. The Morgan fingerprint density at radius 1 is 0.630 bits per heavy atom. The van der Waals surface area contributed by atoms with E-state index in [-0.39, 0.29) is 0 Å². The Kier molecular flexibility index (Phi) is 4.64. The Labute approximate surface area is 193 Å². The van der Waals surface area contributed by atoms with Gasteiger partial charge in [-0.05, 0) is 93.6 Å². The van der Waals surface area contributed by atoms with E-state index in [9.17, 15) is 0 Å². The first-order valence-electron chi connectivity index (χ1n) is 8.31. The van der Waals surface area contributed by atoms with Gasteiger partial charge in [-0.2, -0.15) is 10.0 Å². The molecule has 0 N–H and O–H groups in total. The molecule has 0 nitrogen and oxygen atoms in total. The maximum atomic E-state index is 3.63. The van der Waals surface area contributed by atoms with Crippen LogP contribution in [0.15, 0.2) is 41.6 Å². The lowest BCUT2D eigenvalue weighted by Crippen LogP contribution is -1.95. The zero-order valence-corrected chi connectivity index (χ0v) is 22.4. The number of fused-ring (bicyclic) bond motifs is 3. The summed E-state index contributed by atoms with van der Waals surface area (Å²) in [5.41, 5.74) is 2.99. The van der Waals surface area contributed by atoms with Crippen molar-refractivity contribution >= 4 is 87.2 Å². The highest BCUT2D eigenvalue weighted by Crippen LogP contribution is 2.74. The Morgan fingerprint density at radius 3 is 1.37 bits per heavy atom. The third-order valence-corrected chi connectivity index (χ3v) is 14.7. The van der Waals surface area contributed by atoms with Crippen molar-refractivity contribution in [3.05, 3.63) is 43.0 Å². The molecule has 1 aliphatic heterocycles. The van der Waals surface area contributed by atoms with Crippen LogP contribution in [0.5, 0.6) is 0 Å². The SMILES string of the molecule is Cc1c(-c2ccc(Br)s2)sc2c1S(C)(C)c1c-2sc(-c2ccc(Br)s2)c1C. The van der Waals surface area contributed by atoms with Crippen molar-refractivity contribution in [2.45, 2.75) is 23.6 Å². The number of rotatable bonds is 2. The highest BCUT2D eigenvalue weighted by atomic mass is 79.9. The van der Waals surface area contributed by atoms with Crippen molar-refractivity contribution in [3.63, 3.8) is 0 Å². The van der Waals surface area contributed by atoms with E-state index in [1.807, 2.05) is 45.3 Å². The number of halogens is 2. The summed E-state index contributed by atoms with van der Waals surface area (Å²) in [6.45, 7) is 4.66. The Morgan fingerprint density at radius 2 is 1.04 bits per heavy atom. The van der Waals surface area contributed by atoms with E-state index >= 15 is 0 Å². The van der Waals surface area contributed by atoms with Gasteiger partial charge in [0.1, 0.15) is 0 Å². The van der Waals surface area contributed by atoms with Crippen molar-refractivity contribution in [2.75, 3.05) is 12.5 Å². The van der Waals surface area contributed by atoms with Crippen LogP contribution in [-0.4, -0.2) is 12.5 Å². The van der Waals surface area contributed by atoms with Crippen LogP contribution in [0.25, 0.3) is 29.3 Å². The van der Waals surface area contributed by atoms with E-state index in [1.54, 1.807) is 9.79 Å². The summed E-state index contributed by atoms with van der Waals surface area (Å²) in [5, 5.41) is 0. The molecule has 0 radical (unpaired) electrons. The van der Waals surface area contributed by atoms with Gasteiger partial charge in [-0.3, -0.25) is 0 Å². The summed E-state index contributed by atoms with van der Waals surface area (Å²) in [4.78, 5) is 12.0. The van der Waals surface area contributed by atoms with E-state index < -0.39 is 10.0 Å². The normalized spacial score (nSPS) is 15.8. The lowest BCUT2D eigenvalue weighted by atomic mass is 10.2. The van der Waals surface area contributed by atoms with Gasteiger partial charge in [-0.1, -0.05) is 0 Å². The van der Waals surface area contributed by atoms with Crippen molar-refractivity contribution < 1.29 is 0 Å². The lowest BCUT2D eigenvalue weighted by molar-refractivity contribution is 1.35. The highest BCUT2D eigenvalue weighted by Gasteiger charge is 2.40. The van der Waals surface area contributed by atoms with Gasteiger partial charge in [0.2, 0.25) is 0 Å². The minimum Gasteiger partial charge on any atom is -0.190 e. The van der Waals surface area contributed by atoms with Crippen molar-refractivity contribution in [3.8, 4) is 29.3 Å². The molecule has 0 fully saturated rings. The van der Waals surface area contributed by atoms with Gasteiger partial charge in [0, 0.05) is 29.3 Å². The van der Waals surface area contributed by atoms with Crippen LogP contribution < -0.4 is 0 Å². The van der Waals surface area contributed by atoms with Crippen molar-refractivity contribution in [2.24, 2.45) is 0 Å². The molecular formula is C20H16Br2S5. The van der Waals surface area contributed by atoms with Crippen molar-refractivity contribution in [1.29, 1.82) is 0 Å². The fraction of sp³-hybridized carbons (Fsp3) is 0.200. The molecule has 0 aromatic carbocycles. The summed E-state index contributed by atoms with van der Waals surface area (Å²) in [7, 11) is -0.980. The molecule has 140 valence electrons. The molecule has 0 amide bonds. The smallest absolute Gasteiger partial charge is 0.0705 e. The number of hydrogen-bond acceptors (Lipinski definition) is 4. The maximum Gasteiger partial charge on any atom is 0.0705 e. The molecule has 0 saturated heterocycles. The first-order valence-corrected chi connectivity index (χ1v) is 15.6. The van der Waals surface area contributed by atoms with Crippen LogP contribution in [0.1, 0.15) is 11.1 Å². The van der Waals surface area contributed by atoms with Crippen LogP contribution in [0.4, 0.5) is 0 Å². The Hall–Kier alpha value is 0.110. The molecule has 0 unspecified atom stereocenters. The Balaban J connectivity index is 1.75. The van der Waals surface area contributed by atoms with Gasteiger partial charge in [-0.15, -0.1) is 45.3 Å². The summed E-state index contributed by atoms with van der Waals surface area (Å²) in [6, 6.07) is 8.83. The van der Waals surface area contributed by atoms with E-state index in [4.69, 9.17) is 0 Å². The average molecular weight is 576 g/mol. The average Bonchev–Trinajstić information content (AvgIpc) is 3.35. The molecule has 1 aliphatic rings. The van der Waals surface area contributed by atoms with Gasteiger partial charge in [0.05, 0.1) is 17.3 Å². The maximum absolute atomic E-state index is 3.63. The minimum atomic E-state index is -0.980. The third kappa shape index (κ3) is 2.76. The molecule has 0 aliphatic carbocycles. The van der Waals surface area contributed by atoms with Gasteiger partial charge >= 0.3 is 0 Å². The van der Waals surface area contributed by atoms with Crippen LogP contribution >= 0.6 is 87.2 Å². The standard InChI is InChI=1S/C20H16Br2S5/c1-9-15(11-5-7-13(21)23-11)25-17-18-20(27(3,4)19(9)17)10(2)16(26-18)12-6-8-14(22)24-12/h5-8H,1-4H3. The van der Waals surface area contributed by atoms with Crippen LogP contribution in [0.3, 0.4) is 0 Å². The fourth-order valence-electron chi connectivity index (χ4n) is 3.97. The number of thiophene rings is 4. The molecule has 27 heavy (non-hydrogen) atoms. The summed E-state index contributed by atoms with van der Waals surface area (Å²) in [5.74, 6) is 0. The second-order valence-electron chi connectivity index (χ2n) is 6.96. The summed E-state index contributed by atoms with van der Waals surface area (Å²) in [6.07, 6.45) is 4.97. The monoisotopic (exact) mass is 574 g/mol. The summed E-state index contributed by atoms with van der Waals surface area (Å²) >= 11 is 14.9. The second kappa shape index (κ2) is 6.56. The molecule has 0 saturated carbocycles. The molecule has 5 heterocycles. The molecule has 5 rings (SSSR count). The third-order valence-electron chi connectivity index (χ3n) is 5.00. The summed E-state index contributed by atoms with van der Waals surface area (Å²) < 4.78 is 2.41. The first kappa shape index (κ1) is 19.1. The van der Waals surface area contributed by atoms with E-state index in [2.05, 4.69) is 82.5 Å².